The Kier molecular flexibility index (Phi) is 9.65. The molecule has 0 fully saturated rings. The van der Waals surface area contributed by atoms with Crippen molar-refractivity contribution in [2.75, 3.05) is 14.1 Å². The molecule has 0 saturated carbocycles. The number of primary amides is 1. The van der Waals surface area contributed by atoms with Crippen LogP contribution in [0.15, 0.2) is 84.4 Å². The predicted molar refractivity (Wildman–Crippen MR) is 157 cm³/mol. The van der Waals surface area contributed by atoms with Crippen molar-refractivity contribution >= 4 is 28.5 Å². The zero-order chi connectivity index (χ0) is 28.7. The molecule has 206 valence electrons. The van der Waals surface area contributed by atoms with E-state index in [9.17, 15) is 14.4 Å². The Hall–Kier alpha value is -3.97. The highest BCUT2D eigenvalue weighted by Gasteiger charge is 2.34. The van der Waals surface area contributed by atoms with Crippen molar-refractivity contribution in [3.8, 4) is 0 Å². The summed E-state index contributed by atoms with van der Waals surface area (Å²) in [5.74, 6) is -1.26. The van der Waals surface area contributed by atoms with Gasteiger partial charge in [-0.1, -0.05) is 78.4 Å². The summed E-state index contributed by atoms with van der Waals surface area (Å²) >= 11 is 0. The van der Waals surface area contributed by atoms with Crippen molar-refractivity contribution in [1.29, 1.82) is 0 Å². The van der Waals surface area contributed by atoms with Gasteiger partial charge in [0.05, 0.1) is 0 Å². The van der Waals surface area contributed by atoms with Crippen molar-refractivity contribution in [2.45, 2.75) is 57.7 Å². The van der Waals surface area contributed by atoms with Gasteiger partial charge >= 0.3 is 0 Å². The Labute approximate surface area is 231 Å². The van der Waals surface area contributed by atoms with Crippen LogP contribution in [0, 0.1) is 0 Å². The summed E-state index contributed by atoms with van der Waals surface area (Å²) in [6.07, 6.45) is 2.63. The van der Waals surface area contributed by atoms with Crippen LogP contribution in [0.5, 0.6) is 0 Å². The fraction of sp³-hybridized carbons (Fsp3) is 0.344. The van der Waals surface area contributed by atoms with Gasteiger partial charge in [-0.05, 0) is 49.1 Å². The molecule has 0 heterocycles. The molecule has 0 aliphatic heterocycles. The standard InChI is InChI=1S/C32H40N4O3/c1-22(21-32(2,3)34)17-29(37)35(4)28(20-24-15-16-25-13-9-10-14-26(25)18-24)31(39)36(5)27(30(33)38)19-23-11-7-6-8-12-23/h6-18,27-28H,19-21,34H2,1-5H3,(H2,33,38)/b22-17+/t27-,28-/m1/s1. The van der Waals surface area contributed by atoms with Gasteiger partial charge < -0.3 is 21.3 Å². The fourth-order valence-corrected chi connectivity index (χ4v) is 4.87. The van der Waals surface area contributed by atoms with Crippen molar-refractivity contribution < 1.29 is 14.4 Å². The van der Waals surface area contributed by atoms with E-state index in [1.165, 1.54) is 15.9 Å². The zero-order valence-electron chi connectivity index (χ0n) is 23.6. The predicted octanol–water partition coefficient (Wildman–Crippen LogP) is 3.84. The van der Waals surface area contributed by atoms with Crippen molar-refractivity contribution in [1.82, 2.24) is 9.80 Å². The smallest absolute Gasteiger partial charge is 0.246 e. The first-order chi connectivity index (χ1) is 18.4. The number of rotatable bonds is 11. The Balaban J connectivity index is 1.94. The topological polar surface area (TPSA) is 110 Å². The summed E-state index contributed by atoms with van der Waals surface area (Å²) in [6.45, 7) is 5.65. The van der Waals surface area contributed by atoms with Crippen molar-refractivity contribution in [3.63, 3.8) is 0 Å². The SMILES string of the molecule is C/C(=C\C(=O)N(C)[C@H](Cc1ccc2ccccc2c1)C(=O)N(C)[C@H](Cc1ccccc1)C(N)=O)CC(C)(C)N. The maximum absolute atomic E-state index is 14.0. The molecule has 4 N–H and O–H groups in total. The van der Waals surface area contributed by atoms with Gasteiger partial charge in [0.2, 0.25) is 17.7 Å². The minimum absolute atomic E-state index is 0.280. The van der Waals surface area contributed by atoms with Crippen LogP contribution in [0.25, 0.3) is 10.8 Å². The summed E-state index contributed by atoms with van der Waals surface area (Å²) < 4.78 is 0. The molecular formula is C32H40N4O3. The summed E-state index contributed by atoms with van der Waals surface area (Å²) in [5.41, 5.74) is 14.1. The third kappa shape index (κ3) is 8.26. The number of nitrogens with two attached hydrogens (primary N) is 2. The molecule has 3 aromatic rings. The molecule has 3 aromatic carbocycles. The first kappa shape index (κ1) is 29.6. The van der Waals surface area contributed by atoms with Crippen LogP contribution in [0.3, 0.4) is 0 Å². The van der Waals surface area contributed by atoms with Crippen LogP contribution in [0.2, 0.25) is 0 Å². The molecule has 2 atom stereocenters. The molecule has 3 amide bonds. The summed E-state index contributed by atoms with van der Waals surface area (Å²) in [6, 6.07) is 21.7. The van der Waals surface area contributed by atoms with Crippen LogP contribution in [0.4, 0.5) is 0 Å². The second-order valence-corrected chi connectivity index (χ2v) is 11.1. The third-order valence-electron chi connectivity index (χ3n) is 6.86. The second-order valence-electron chi connectivity index (χ2n) is 11.1. The number of hydrogen-bond acceptors (Lipinski definition) is 4. The number of benzene rings is 3. The van der Waals surface area contributed by atoms with Gasteiger partial charge in [0.25, 0.3) is 0 Å². The fourth-order valence-electron chi connectivity index (χ4n) is 4.87. The number of likely N-dealkylation sites (N-methyl/N-ethyl adjacent to an activating group) is 2. The highest BCUT2D eigenvalue weighted by Crippen LogP contribution is 2.20. The quantitative estimate of drug-likeness (QED) is 0.369. The molecule has 0 saturated heterocycles. The molecule has 0 radical (unpaired) electrons. The Morgan fingerprint density at radius 1 is 0.821 bits per heavy atom. The van der Waals surface area contributed by atoms with Gasteiger partial charge in [-0.25, -0.2) is 0 Å². The van der Waals surface area contributed by atoms with Crippen LogP contribution < -0.4 is 11.5 Å². The lowest BCUT2D eigenvalue weighted by Gasteiger charge is -2.34. The molecule has 0 aromatic heterocycles. The largest absolute Gasteiger partial charge is 0.368 e. The normalized spacial score (nSPS) is 13.5. The zero-order valence-corrected chi connectivity index (χ0v) is 23.6. The van der Waals surface area contributed by atoms with E-state index in [1.54, 1.807) is 14.1 Å². The average Bonchev–Trinajstić information content (AvgIpc) is 2.88. The lowest BCUT2D eigenvalue weighted by atomic mass is 9.96. The molecule has 7 nitrogen and oxygen atoms in total. The van der Waals surface area contributed by atoms with Gasteiger partial charge in [-0.3, -0.25) is 14.4 Å². The molecule has 7 heteroatoms. The lowest BCUT2D eigenvalue weighted by Crippen LogP contribution is -2.55. The van der Waals surface area contributed by atoms with Gasteiger partial charge in [0.15, 0.2) is 0 Å². The first-order valence-corrected chi connectivity index (χ1v) is 13.2. The van der Waals surface area contributed by atoms with E-state index in [4.69, 9.17) is 11.5 Å². The molecule has 3 rings (SSSR count). The van der Waals surface area contributed by atoms with E-state index in [1.807, 2.05) is 93.6 Å². The van der Waals surface area contributed by atoms with E-state index in [0.717, 1.165) is 27.5 Å². The highest BCUT2D eigenvalue weighted by atomic mass is 16.2. The highest BCUT2D eigenvalue weighted by molar-refractivity contribution is 5.95. The number of amides is 3. The van der Waals surface area contributed by atoms with E-state index in [-0.39, 0.29) is 24.7 Å². The maximum atomic E-state index is 14.0. The Bertz CT molecular complexity index is 1340. The maximum Gasteiger partial charge on any atom is 0.246 e. The monoisotopic (exact) mass is 528 g/mol. The third-order valence-corrected chi connectivity index (χ3v) is 6.86. The Morgan fingerprint density at radius 2 is 1.41 bits per heavy atom. The molecule has 39 heavy (non-hydrogen) atoms. The van der Waals surface area contributed by atoms with Gasteiger partial charge in [-0.2, -0.15) is 0 Å². The van der Waals surface area contributed by atoms with Crippen LogP contribution >= 0.6 is 0 Å². The number of hydrogen-bond donors (Lipinski definition) is 2. The van der Waals surface area contributed by atoms with E-state index < -0.39 is 23.5 Å². The summed E-state index contributed by atoms with van der Waals surface area (Å²) in [5, 5.41) is 2.13. The van der Waals surface area contributed by atoms with Crippen LogP contribution in [-0.4, -0.2) is 59.2 Å². The number of carbonyl (C=O) groups excluding carboxylic acids is 3. The van der Waals surface area contributed by atoms with E-state index in [0.29, 0.717) is 6.42 Å². The first-order valence-electron chi connectivity index (χ1n) is 13.2. The van der Waals surface area contributed by atoms with Crippen molar-refractivity contribution in [2.24, 2.45) is 11.5 Å². The summed E-state index contributed by atoms with van der Waals surface area (Å²) in [4.78, 5) is 42.7. The number of fused-ring (bicyclic) bond motifs is 1. The van der Waals surface area contributed by atoms with Crippen LogP contribution in [0.1, 0.15) is 38.3 Å². The number of nitrogens with zero attached hydrogens (tertiary/aromatic N) is 2. The lowest BCUT2D eigenvalue weighted by molar-refractivity contribution is -0.145. The molecule has 0 unspecified atom stereocenters. The summed E-state index contributed by atoms with van der Waals surface area (Å²) in [7, 11) is 3.19. The molecular weight excluding hydrogens is 488 g/mol. The second kappa shape index (κ2) is 12.7. The van der Waals surface area contributed by atoms with Gasteiger partial charge in [0.1, 0.15) is 12.1 Å². The van der Waals surface area contributed by atoms with Crippen LogP contribution in [-0.2, 0) is 27.2 Å². The van der Waals surface area contributed by atoms with Gasteiger partial charge in [-0.15, -0.1) is 0 Å². The Morgan fingerprint density at radius 3 is 2.03 bits per heavy atom. The van der Waals surface area contributed by atoms with E-state index >= 15 is 0 Å². The minimum atomic E-state index is -0.863. The van der Waals surface area contributed by atoms with Gasteiger partial charge in [0, 0.05) is 38.6 Å². The average molecular weight is 529 g/mol. The minimum Gasteiger partial charge on any atom is -0.368 e. The molecule has 0 aliphatic carbocycles. The molecule has 0 bridgehead atoms. The van der Waals surface area contributed by atoms with E-state index in [2.05, 4.69) is 0 Å². The molecule has 0 aliphatic rings. The number of carbonyl (C=O) groups is 3. The molecule has 0 spiro atoms. The van der Waals surface area contributed by atoms with Crippen molar-refractivity contribution in [3.05, 3.63) is 95.6 Å².